The van der Waals surface area contributed by atoms with Gasteiger partial charge in [-0.15, -0.1) is 0 Å². The number of carboxylic acid groups (broad SMARTS) is 1. The van der Waals surface area contributed by atoms with Gasteiger partial charge in [0.2, 0.25) is 5.88 Å². The van der Waals surface area contributed by atoms with E-state index in [1.54, 1.807) is 18.3 Å². The van der Waals surface area contributed by atoms with Gasteiger partial charge in [-0.25, -0.2) is 9.78 Å². The molecule has 6 nitrogen and oxygen atoms in total. The Morgan fingerprint density at radius 3 is 2.86 bits per heavy atom. The molecular formula is C15H11N3O3. The summed E-state index contributed by atoms with van der Waals surface area (Å²) in [6, 6.07) is 10.5. The molecule has 0 aliphatic heterocycles. The zero-order chi connectivity index (χ0) is 14.8. The van der Waals surface area contributed by atoms with Crippen LogP contribution in [0.1, 0.15) is 10.4 Å². The molecule has 6 heteroatoms. The number of carboxylic acids is 1. The Hall–Kier alpha value is -3.15. The van der Waals surface area contributed by atoms with Crippen LogP contribution >= 0.6 is 0 Å². The van der Waals surface area contributed by atoms with Crippen LogP contribution in [0.5, 0.6) is 11.6 Å². The maximum atomic E-state index is 11.0. The van der Waals surface area contributed by atoms with Crippen LogP contribution in [0.15, 0.2) is 48.8 Å². The predicted octanol–water partition coefficient (Wildman–Crippen LogP) is 2.70. The van der Waals surface area contributed by atoms with Crippen LogP contribution in [-0.2, 0) is 0 Å². The molecule has 21 heavy (non-hydrogen) atoms. The lowest BCUT2D eigenvalue weighted by molar-refractivity contribution is 0.0697. The number of hydrogen-bond acceptors (Lipinski definition) is 5. The fourth-order valence-electron chi connectivity index (χ4n) is 1.92. The van der Waals surface area contributed by atoms with Gasteiger partial charge in [-0.05, 0) is 18.2 Å². The third-order valence-electron chi connectivity index (χ3n) is 2.94. The highest BCUT2D eigenvalue weighted by atomic mass is 16.5. The van der Waals surface area contributed by atoms with Gasteiger partial charge >= 0.3 is 5.97 Å². The number of aromatic carboxylic acids is 1. The minimum Gasteiger partial charge on any atom is -0.478 e. The van der Waals surface area contributed by atoms with Crippen molar-refractivity contribution in [3.8, 4) is 11.6 Å². The number of nitrogens with two attached hydrogens (primary N) is 1. The zero-order valence-electron chi connectivity index (χ0n) is 10.9. The Morgan fingerprint density at radius 1 is 1.19 bits per heavy atom. The van der Waals surface area contributed by atoms with Gasteiger partial charge in [0.25, 0.3) is 0 Å². The monoisotopic (exact) mass is 281 g/mol. The van der Waals surface area contributed by atoms with Crippen molar-refractivity contribution in [2.24, 2.45) is 0 Å². The summed E-state index contributed by atoms with van der Waals surface area (Å²) in [6.45, 7) is 0. The van der Waals surface area contributed by atoms with E-state index >= 15 is 0 Å². The lowest BCUT2D eigenvalue weighted by Gasteiger charge is -2.07. The van der Waals surface area contributed by atoms with Gasteiger partial charge in [0, 0.05) is 23.7 Å². The highest BCUT2D eigenvalue weighted by Crippen LogP contribution is 2.25. The van der Waals surface area contributed by atoms with Crippen molar-refractivity contribution in [2.75, 3.05) is 5.73 Å². The molecule has 2 heterocycles. The third kappa shape index (κ3) is 2.59. The molecule has 0 saturated heterocycles. The molecule has 0 aliphatic carbocycles. The fraction of sp³-hybridized carbons (Fsp3) is 0. The van der Waals surface area contributed by atoms with Crippen LogP contribution in [0.3, 0.4) is 0 Å². The van der Waals surface area contributed by atoms with Crippen molar-refractivity contribution in [1.82, 2.24) is 9.97 Å². The quantitative estimate of drug-likeness (QED) is 0.765. The first kappa shape index (κ1) is 12.9. The number of benzene rings is 1. The van der Waals surface area contributed by atoms with Crippen LogP contribution in [0.4, 0.5) is 5.69 Å². The molecule has 0 aliphatic rings. The van der Waals surface area contributed by atoms with Crippen LogP contribution < -0.4 is 10.5 Å². The van der Waals surface area contributed by atoms with Crippen molar-refractivity contribution >= 4 is 22.6 Å². The van der Waals surface area contributed by atoms with Gasteiger partial charge in [-0.2, -0.15) is 0 Å². The summed E-state index contributed by atoms with van der Waals surface area (Å²) in [5.41, 5.74) is 6.38. The van der Waals surface area contributed by atoms with Gasteiger partial charge in [-0.1, -0.05) is 6.07 Å². The van der Waals surface area contributed by atoms with Gasteiger partial charge in [0.15, 0.2) is 0 Å². The number of rotatable bonds is 3. The van der Waals surface area contributed by atoms with Crippen LogP contribution in [0.25, 0.3) is 10.9 Å². The second-order valence-corrected chi connectivity index (χ2v) is 4.37. The summed E-state index contributed by atoms with van der Waals surface area (Å²) in [5.74, 6) is -0.438. The van der Waals surface area contributed by atoms with Crippen LogP contribution in [0.2, 0.25) is 0 Å². The van der Waals surface area contributed by atoms with Gasteiger partial charge in [0.05, 0.1) is 23.0 Å². The Balaban J connectivity index is 1.94. The first-order valence-electron chi connectivity index (χ1n) is 6.15. The molecule has 0 bridgehead atoms. The Bertz CT molecular complexity index is 833. The van der Waals surface area contributed by atoms with Crippen molar-refractivity contribution in [3.05, 3.63) is 54.4 Å². The highest BCUT2D eigenvalue weighted by molar-refractivity contribution is 5.93. The second kappa shape index (κ2) is 5.09. The standard InChI is InChI=1S/C15H11N3O3/c16-12-8-18-14(7-11(12)15(19)20)21-10-4-3-9-2-1-5-17-13(9)6-10/h1-8H,16H2,(H,19,20). The number of pyridine rings is 2. The Morgan fingerprint density at radius 2 is 2.05 bits per heavy atom. The van der Waals surface area contributed by atoms with Gasteiger partial charge < -0.3 is 15.6 Å². The summed E-state index contributed by atoms with van der Waals surface area (Å²) < 4.78 is 5.56. The topological polar surface area (TPSA) is 98.3 Å². The van der Waals surface area contributed by atoms with Crippen molar-refractivity contribution in [2.45, 2.75) is 0 Å². The van der Waals surface area contributed by atoms with Crippen LogP contribution in [-0.4, -0.2) is 21.0 Å². The lowest BCUT2D eigenvalue weighted by atomic mass is 10.2. The summed E-state index contributed by atoms with van der Waals surface area (Å²) in [4.78, 5) is 19.2. The normalized spacial score (nSPS) is 10.5. The van der Waals surface area contributed by atoms with Crippen LogP contribution in [0, 0.1) is 0 Å². The summed E-state index contributed by atoms with van der Waals surface area (Å²) in [5, 5.41) is 10.0. The maximum Gasteiger partial charge on any atom is 0.338 e. The fourth-order valence-corrected chi connectivity index (χ4v) is 1.92. The van der Waals surface area contributed by atoms with Gasteiger partial charge in [-0.3, -0.25) is 4.98 Å². The first-order chi connectivity index (χ1) is 10.1. The lowest BCUT2D eigenvalue weighted by Crippen LogP contribution is -2.03. The largest absolute Gasteiger partial charge is 0.478 e. The van der Waals surface area contributed by atoms with E-state index in [9.17, 15) is 4.79 Å². The van der Waals surface area contributed by atoms with E-state index in [1.807, 2.05) is 18.2 Å². The molecule has 0 radical (unpaired) electrons. The van der Waals surface area contributed by atoms with Crippen molar-refractivity contribution in [1.29, 1.82) is 0 Å². The molecule has 0 unspecified atom stereocenters. The number of anilines is 1. The minimum absolute atomic E-state index is 0.0427. The number of carbonyl (C=O) groups is 1. The number of nitrogens with zero attached hydrogens (tertiary/aromatic N) is 2. The molecule has 0 atom stereocenters. The van der Waals surface area contributed by atoms with E-state index in [0.717, 1.165) is 10.9 Å². The summed E-state index contributed by atoms with van der Waals surface area (Å²) in [6.07, 6.45) is 2.95. The zero-order valence-corrected chi connectivity index (χ0v) is 10.9. The molecular weight excluding hydrogens is 270 g/mol. The number of fused-ring (bicyclic) bond motifs is 1. The summed E-state index contributed by atoms with van der Waals surface area (Å²) in [7, 11) is 0. The third-order valence-corrected chi connectivity index (χ3v) is 2.94. The average Bonchev–Trinajstić information content (AvgIpc) is 2.49. The maximum absolute atomic E-state index is 11.0. The highest BCUT2D eigenvalue weighted by Gasteiger charge is 2.11. The average molecular weight is 281 g/mol. The smallest absolute Gasteiger partial charge is 0.338 e. The van der Waals surface area contributed by atoms with E-state index in [2.05, 4.69) is 9.97 Å². The van der Waals surface area contributed by atoms with E-state index in [1.165, 1.54) is 12.3 Å². The number of ether oxygens (including phenoxy) is 1. The number of aromatic nitrogens is 2. The molecule has 0 fully saturated rings. The van der Waals surface area contributed by atoms with E-state index in [0.29, 0.717) is 5.75 Å². The molecule has 104 valence electrons. The molecule has 0 amide bonds. The SMILES string of the molecule is Nc1cnc(Oc2ccc3cccnc3c2)cc1C(=O)O. The molecule has 3 rings (SSSR count). The first-order valence-corrected chi connectivity index (χ1v) is 6.15. The molecule has 0 saturated carbocycles. The van der Waals surface area contributed by atoms with Crippen molar-refractivity contribution < 1.29 is 14.6 Å². The minimum atomic E-state index is -1.13. The number of nitrogen functional groups attached to an aromatic ring is 1. The molecule has 3 N–H and O–H groups in total. The Labute approximate surface area is 119 Å². The molecule has 1 aromatic carbocycles. The number of hydrogen-bond donors (Lipinski definition) is 2. The second-order valence-electron chi connectivity index (χ2n) is 4.37. The Kier molecular flexibility index (Phi) is 3.12. The van der Waals surface area contributed by atoms with E-state index in [4.69, 9.17) is 15.6 Å². The van der Waals surface area contributed by atoms with Gasteiger partial charge in [0.1, 0.15) is 5.75 Å². The predicted molar refractivity (Wildman–Crippen MR) is 77.4 cm³/mol. The van der Waals surface area contributed by atoms with E-state index in [-0.39, 0.29) is 17.1 Å². The van der Waals surface area contributed by atoms with E-state index < -0.39 is 5.97 Å². The molecule has 3 aromatic rings. The summed E-state index contributed by atoms with van der Waals surface area (Å²) >= 11 is 0. The van der Waals surface area contributed by atoms with Crippen molar-refractivity contribution in [3.63, 3.8) is 0 Å². The molecule has 2 aromatic heterocycles. The molecule has 0 spiro atoms.